The normalized spacial score (nSPS) is 14.3. The van der Waals surface area contributed by atoms with Crippen molar-refractivity contribution in [3.8, 4) is 0 Å². The molecule has 3 N–H and O–H groups in total. The van der Waals surface area contributed by atoms with Crippen LogP contribution in [0.5, 0.6) is 0 Å². The van der Waals surface area contributed by atoms with Crippen molar-refractivity contribution >= 4 is 22.6 Å². The van der Waals surface area contributed by atoms with Gasteiger partial charge in [-0.3, -0.25) is 9.48 Å². The summed E-state index contributed by atoms with van der Waals surface area (Å²) in [6, 6.07) is 9.95. The number of fused-ring (bicyclic) bond motifs is 1. The molecule has 8 heteroatoms. The number of aromatic nitrogens is 5. The topological polar surface area (TPSA) is 101 Å². The minimum absolute atomic E-state index is 0.0103. The van der Waals surface area contributed by atoms with Crippen molar-refractivity contribution in [1.29, 1.82) is 0 Å². The van der Waals surface area contributed by atoms with E-state index < -0.39 is 0 Å². The van der Waals surface area contributed by atoms with Crippen molar-refractivity contribution in [3.05, 3.63) is 71.1 Å². The fraction of sp³-hybridized carbons (Fsp3) is 0.407. The fourth-order valence-electron chi connectivity index (χ4n) is 4.55. The van der Waals surface area contributed by atoms with Crippen molar-refractivity contribution in [3.63, 3.8) is 0 Å². The molecule has 5 rings (SSSR count). The maximum atomic E-state index is 13.2. The molecule has 1 fully saturated rings. The number of para-hydroxylation sites is 1. The Morgan fingerprint density at radius 1 is 1.23 bits per heavy atom. The molecule has 3 aromatic heterocycles. The third-order valence-electron chi connectivity index (χ3n) is 6.75. The van der Waals surface area contributed by atoms with Crippen LogP contribution in [0.3, 0.4) is 0 Å². The van der Waals surface area contributed by atoms with Crippen molar-refractivity contribution in [2.45, 2.75) is 64.5 Å². The van der Waals surface area contributed by atoms with Crippen LogP contribution in [0.25, 0.3) is 10.9 Å². The average Bonchev–Trinajstić information content (AvgIpc) is 3.56. The summed E-state index contributed by atoms with van der Waals surface area (Å²) in [5.74, 6) is 2.09. The number of carbonyl (C=O) groups excluding carboxylic acids is 1. The number of H-pyrrole nitrogens is 1. The molecule has 3 heterocycles. The Hall–Kier alpha value is -3.68. The van der Waals surface area contributed by atoms with Crippen LogP contribution in [0.2, 0.25) is 0 Å². The number of aromatic amines is 1. The molecule has 1 unspecified atom stereocenters. The van der Waals surface area contributed by atoms with Crippen molar-refractivity contribution < 1.29 is 4.79 Å². The Kier molecular flexibility index (Phi) is 6.53. The number of rotatable bonds is 10. The summed E-state index contributed by atoms with van der Waals surface area (Å²) in [5.41, 5.74) is 5.20. The van der Waals surface area contributed by atoms with Gasteiger partial charge in [-0.15, -0.1) is 0 Å². The van der Waals surface area contributed by atoms with Gasteiger partial charge in [-0.2, -0.15) is 5.10 Å². The average molecular weight is 472 g/mol. The second kappa shape index (κ2) is 9.90. The van der Waals surface area contributed by atoms with Crippen LogP contribution in [0.15, 0.2) is 42.7 Å². The summed E-state index contributed by atoms with van der Waals surface area (Å²) >= 11 is 0. The standard InChI is InChI=1S/C27H33N7O/c1-4-34-16-19(17(2)33-34)11-12-26(35)30-23(13-20-15-29-22-8-6-5-7-21(20)22)24-14-25(28-3)32-27(31-24)18-9-10-18/h5-8,14-16,18,23,29H,4,9-13H2,1-3H3,(H,30,35)(H,28,31,32). The van der Waals surface area contributed by atoms with Crippen LogP contribution >= 0.6 is 0 Å². The summed E-state index contributed by atoms with van der Waals surface area (Å²) in [6.07, 6.45) is 8.03. The molecule has 0 aliphatic heterocycles. The highest BCUT2D eigenvalue weighted by molar-refractivity contribution is 5.83. The van der Waals surface area contributed by atoms with Gasteiger partial charge in [0, 0.05) is 61.7 Å². The van der Waals surface area contributed by atoms with E-state index in [2.05, 4.69) is 44.8 Å². The third kappa shape index (κ3) is 5.21. The maximum Gasteiger partial charge on any atom is 0.220 e. The third-order valence-corrected chi connectivity index (χ3v) is 6.75. The number of hydrogen-bond donors (Lipinski definition) is 3. The van der Waals surface area contributed by atoms with Gasteiger partial charge in [0.1, 0.15) is 11.6 Å². The molecule has 4 aromatic rings. The summed E-state index contributed by atoms with van der Waals surface area (Å²) < 4.78 is 1.92. The summed E-state index contributed by atoms with van der Waals surface area (Å²) in [4.78, 5) is 26.1. The number of amides is 1. The van der Waals surface area contributed by atoms with E-state index in [1.807, 2.05) is 49.2 Å². The Labute approximate surface area is 205 Å². The minimum atomic E-state index is -0.256. The SMILES string of the molecule is CCn1cc(CCC(=O)NC(Cc2c[nH]c3ccccc23)c2cc(NC)nc(C3CC3)n2)c(C)n1. The van der Waals surface area contributed by atoms with Gasteiger partial charge in [0.25, 0.3) is 0 Å². The predicted octanol–water partition coefficient (Wildman–Crippen LogP) is 4.43. The smallest absolute Gasteiger partial charge is 0.220 e. The molecular weight excluding hydrogens is 438 g/mol. The van der Waals surface area contributed by atoms with Crippen molar-refractivity contribution in [2.24, 2.45) is 0 Å². The van der Waals surface area contributed by atoms with Gasteiger partial charge >= 0.3 is 0 Å². The lowest BCUT2D eigenvalue weighted by Crippen LogP contribution is -2.31. The zero-order chi connectivity index (χ0) is 24.4. The first-order chi connectivity index (χ1) is 17.0. The van der Waals surface area contributed by atoms with Gasteiger partial charge < -0.3 is 15.6 Å². The Balaban J connectivity index is 1.40. The molecule has 182 valence electrons. The van der Waals surface area contributed by atoms with Crippen LogP contribution < -0.4 is 10.6 Å². The zero-order valence-electron chi connectivity index (χ0n) is 20.6. The van der Waals surface area contributed by atoms with Crippen LogP contribution in [-0.4, -0.2) is 37.7 Å². The lowest BCUT2D eigenvalue weighted by Gasteiger charge is -2.20. The first-order valence-electron chi connectivity index (χ1n) is 12.5. The van der Waals surface area contributed by atoms with E-state index >= 15 is 0 Å². The molecule has 35 heavy (non-hydrogen) atoms. The number of anilines is 1. The summed E-state index contributed by atoms with van der Waals surface area (Å²) in [6.45, 7) is 4.89. The van der Waals surface area contributed by atoms with Gasteiger partial charge in [-0.05, 0) is 50.3 Å². The second-order valence-electron chi connectivity index (χ2n) is 9.34. The van der Waals surface area contributed by atoms with E-state index in [0.717, 1.165) is 59.1 Å². The molecule has 0 spiro atoms. The maximum absolute atomic E-state index is 13.2. The molecule has 1 atom stereocenters. The molecule has 0 bridgehead atoms. The van der Waals surface area contributed by atoms with E-state index in [9.17, 15) is 4.79 Å². The first kappa shape index (κ1) is 23.1. The largest absolute Gasteiger partial charge is 0.373 e. The number of nitrogens with zero attached hydrogens (tertiary/aromatic N) is 4. The fourth-order valence-corrected chi connectivity index (χ4v) is 4.55. The molecule has 1 aromatic carbocycles. The van der Waals surface area contributed by atoms with Gasteiger partial charge in [0.2, 0.25) is 5.91 Å². The number of carbonyl (C=O) groups is 1. The van der Waals surface area contributed by atoms with E-state index in [1.54, 1.807) is 0 Å². The van der Waals surface area contributed by atoms with Crippen LogP contribution in [0.4, 0.5) is 5.82 Å². The van der Waals surface area contributed by atoms with Crippen molar-refractivity contribution in [2.75, 3.05) is 12.4 Å². The van der Waals surface area contributed by atoms with E-state index in [1.165, 1.54) is 5.39 Å². The highest BCUT2D eigenvalue weighted by Gasteiger charge is 2.29. The second-order valence-corrected chi connectivity index (χ2v) is 9.34. The zero-order valence-corrected chi connectivity index (χ0v) is 20.6. The molecule has 0 radical (unpaired) electrons. The van der Waals surface area contributed by atoms with E-state index in [4.69, 9.17) is 4.98 Å². The molecular formula is C27H33N7O. The highest BCUT2D eigenvalue weighted by Crippen LogP contribution is 2.39. The molecule has 1 aliphatic rings. The molecule has 0 saturated heterocycles. The molecule has 1 amide bonds. The lowest BCUT2D eigenvalue weighted by atomic mass is 10.0. The van der Waals surface area contributed by atoms with Gasteiger partial charge in [0.15, 0.2) is 0 Å². The highest BCUT2D eigenvalue weighted by atomic mass is 16.1. The van der Waals surface area contributed by atoms with Crippen LogP contribution in [0, 0.1) is 6.92 Å². The number of benzene rings is 1. The van der Waals surface area contributed by atoms with Crippen LogP contribution in [-0.2, 0) is 24.2 Å². The van der Waals surface area contributed by atoms with Gasteiger partial charge in [-0.1, -0.05) is 18.2 Å². The van der Waals surface area contributed by atoms with E-state index in [-0.39, 0.29) is 11.9 Å². The quantitative estimate of drug-likeness (QED) is 0.318. The summed E-state index contributed by atoms with van der Waals surface area (Å²) in [7, 11) is 1.87. The number of aryl methyl sites for hydroxylation is 3. The first-order valence-corrected chi connectivity index (χ1v) is 12.5. The van der Waals surface area contributed by atoms with E-state index in [0.29, 0.717) is 25.2 Å². The summed E-state index contributed by atoms with van der Waals surface area (Å²) in [5, 5.41) is 12.1. The molecule has 8 nitrogen and oxygen atoms in total. The Bertz CT molecular complexity index is 1330. The monoisotopic (exact) mass is 471 g/mol. The predicted molar refractivity (Wildman–Crippen MR) is 137 cm³/mol. The van der Waals surface area contributed by atoms with Crippen LogP contribution in [0.1, 0.15) is 66.5 Å². The Morgan fingerprint density at radius 2 is 2.06 bits per heavy atom. The van der Waals surface area contributed by atoms with Crippen molar-refractivity contribution in [1.82, 2.24) is 30.0 Å². The lowest BCUT2D eigenvalue weighted by molar-refractivity contribution is -0.121. The van der Waals surface area contributed by atoms with Gasteiger partial charge in [-0.25, -0.2) is 9.97 Å². The molecule has 1 aliphatic carbocycles. The number of nitrogens with one attached hydrogen (secondary N) is 3. The number of hydrogen-bond acceptors (Lipinski definition) is 5. The minimum Gasteiger partial charge on any atom is -0.373 e. The Morgan fingerprint density at radius 3 is 2.80 bits per heavy atom. The molecule has 1 saturated carbocycles. The van der Waals surface area contributed by atoms with Gasteiger partial charge in [0.05, 0.1) is 17.4 Å².